The summed E-state index contributed by atoms with van der Waals surface area (Å²) in [6.07, 6.45) is 0. The summed E-state index contributed by atoms with van der Waals surface area (Å²) in [5, 5.41) is 0.465. The van der Waals surface area contributed by atoms with Crippen molar-refractivity contribution < 1.29 is 0 Å². The third-order valence-corrected chi connectivity index (χ3v) is 4.82. The Bertz CT molecular complexity index is 946. The van der Waals surface area contributed by atoms with Crippen LogP contribution >= 0.6 is 147 Å². The van der Waals surface area contributed by atoms with Gasteiger partial charge in [0.15, 0.2) is 0 Å². The number of alkyl halides is 6. The van der Waals surface area contributed by atoms with Crippen LogP contribution in [-0.4, -0.2) is 11.7 Å². The van der Waals surface area contributed by atoms with E-state index in [9.17, 15) is 0 Å². The van der Waals surface area contributed by atoms with Gasteiger partial charge in [0.2, 0.25) is 7.59 Å². The van der Waals surface area contributed by atoms with Crippen LogP contribution < -0.4 is 0 Å². The first-order valence-corrected chi connectivity index (χ1v) is 28.9. The Morgan fingerprint density at radius 2 is 0.861 bits per heavy atom. The number of rotatable bonds is 0. The maximum absolute atomic E-state index is 5.76. The van der Waals surface area contributed by atoms with Crippen LogP contribution in [0.2, 0.25) is 5.02 Å². The van der Waals surface area contributed by atoms with Gasteiger partial charge in [0, 0.05) is 37.9 Å². The van der Waals surface area contributed by atoms with Crippen molar-refractivity contribution in [2.45, 2.75) is 14.5 Å². The van der Waals surface area contributed by atoms with E-state index < -0.39 is 19.3 Å². The molecule has 0 fully saturated rings. The minimum atomic E-state index is -4.33. The van der Waals surface area contributed by atoms with Crippen LogP contribution in [0.1, 0.15) is 16.7 Å². The summed E-state index contributed by atoms with van der Waals surface area (Å²) in [5.41, 5.74) is 2.52. The first-order chi connectivity index (χ1) is 16.3. The molecule has 0 unspecified atom stereocenters. The van der Waals surface area contributed by atoms with Crippen LogP contribution in [0, 0.1) is 6.92 Å². The molecule has 204 valence electrons. The van der Waals surface area contributed by atoms with Gasteiger partial charge in [-0.05, 0) is 13.0 Å². The Morgan fingerprint density at radius 3 is 1.08 bits per heavy atom. The number of benzene rings is 3. The summed E-state index contributed by atoms with van der Waals surface area (Å²) in [4.78, 5) is 0. The molecule has 0 N–H and O–H groups in total. The summed E-state index contributed by atoms with van der Waals surface area (Å²) in [7, 11) is 33.5. The summed E-state index contributed by atoms with van der Waals surface area (Å²) in [6, 6.07) is 26.2. The molecule has 0 saturated carbocycles. The standard InChI is InChI=1S/C7H4Cl4.C7H5Cl3.C7H8.Cl2.5ClH.Sb/c8-6-4-2-1-3-5(6)7(9,10)11;8-7(9,10)6-4-2-1-3-5-6;1-7-5-3-2-4-6-7;1-2;;;;;;/h1-4H;1-5H;2-6H,1H3;;5*1H;/q;;;;;;;;;+5/p-5. The van der Waals surface area contributed by atoms with Crippen molar-refractivity contribution in [2.24, 2.45) is 0 Å². The molecule has 0 atom stereocenters. The van der Waals surface area contributed by atoms with E-state index in [4.69, 9.17) is 125 Å². The Hall–Kier alpha value is 2.54. The molecule has 0 aliphatic carbocycles. The Kier molecular flexibility index (Phi) is 22.2. The van der Waals surface area contributed by atoms with Crippen molar-refractivity contribution in [1.29, 1.82) is 0 Å². The number of hydrogen-bond acceptors (Lipinski definition) is 0. The van der Waals surface area contributed by atoms with Gasteiger partial charge >= 0.3 is 55.8 Å². The molecule has 36 heavy (non-hydrogen) atoms. The second-order valence-electron chi connectivity index (χ2n) is 6.13. The first kappa shape index (κ1) is 40.7. The zero-order chi connectivity index (χ0) is 28.7. The van der Waals surface area contributed by atoms with Crippen molar-refractivity contribution in [2.75, 3.05) is 0 Å². The maximum atomic E-state index is 5.76. The normalized spacial score (nSPS) is 11.8. The third kappa shape index (κ3) is 26.7. The molecular formula is C21H17Cl14Sb. The van der Waals surface area contributed by atoms with Crippen molar-refractivity contribution >= 4 is 159 Å². The molecule has 0 spiro atoms. The molecule has 0 heterocycles. The second-order valence-corrected chi connectivity index (χ2v) is 49.0. The molecule has 0 amide bonds. The predicted octanol–water partition coefficient (Wildman–Crippen LogP) is 14.1. The third-order valence-electron chi connectivity index (χ3n) is 3.22. The molecule has 3 aromatic carbocycles. The molecule has 0 aliphatic heterocycles. The van der Waals surface area contributed by atoms with Crippen LogP contribution in [0.4, 0.5) is 0 Å². The van der Waals surface area contributed by atoms with Crippen LogP contribution in [0.3, 0.4) is 0 Å². The molecule has 15 heteroatoms. The van der Waals surface area contributed by atoms with Gasteiger partial charge in [-0.15, -0.1) is 0 Å². The van der Waals surface area contributed by atoms with Crippen LogP contribution in [0.15, 0.2) is 84.9 Å². The fourth-order valence-corrected chi connectivity index (χ4v) is 3.15. The summed E-state index contributed by atoms with van der Waals surface area (Å²) in [5.74, 6) is 0. The van der Waals surface area contributed by atoms with Crippen molar-refractivity contribution in [3.05, 3.63) is 107 Å². The van der Waals surface area contributed by atoms with Crippen molar-refractivity contribution in [3.63, 3.8) is 0 Å². The molecule has 3 rings (SSSR count). The zero-order valence-corrected chi connectivity index (χ0v) is 31.0. The topological polar surface area (TPSA) is 0 Å². The Labute approximate surface area is 276 Å². The van der Waals surface area contributed by atoms with Gasteiger partial charge in [0.05, 0.1) is 0 Å². The fourth-order valence-electron chi connectivity index (χ4n) is 1.85. The number of hydrogen-bond donors (Lipinski definition) is 0. The first-order valence-electron chi connectivity index (χ1n) is 8.96. The molecule has 0 aromatic heterocycles. The van der Waals surface area contributed by atoms with Gasteiger partial charge in [-0.1, -0.05) is 166 Å². The van der Waals surface area contributed by atoms with Gasteiger partial charge in [-0.25, -0.2) is 0 Å². The number of halogens is 14. The van der Waals surface area contributed by atoms with Gasteiger partial charge in [-0.2, -0.15) is 0 Å². The van der Waals surface area contributed by atoms with Gasteiger partial charge in [0.1, 0.15) is 0 Å². The van der Waals surface area contributed by atoms with Gasteiger partial charge in [-0.3, -0.25) is 0 Å². The van der Waals surface area contributed by atoms with Crippen LogP contribution in [-0.2, 0) is 7.59 Å². The molecule has 0 radical (unpaired) electrons. The summed E-state index contributed by atoms with van der Waals surface area (Å²) < 4.78 is -2.72. The second kappa shape index (κ2) is 19.6. The van der Waals surface area contributed by atoms with Gasteiger partial charge < -0.3 is 0 Å². The van der Waals surface area contributed by atoms with E-state index in [1.54, 1.807) is 36.4 Å². The molecule has 0 saturated heterocycles. The SMILES string of the molecule is Cc1ccccc1.ClC(Cl)(Cl)c1ccccc1.ClCl.Clc1ccccc1C(Cl)(Cl)Cl.[Cl][Sb]([Cl])([Cl])([Cl])[Cl]. The van der Waals surface area contributed by atoms with Crippen LogP contribution in [0.5, 0.6) is 0 Å². The van der Waals surface area contributed by atoms with E-state index in [0.717, 1.165) is 0 Å². The average molecular weight is 887 g/mol. The average Bonchev–Trinajstić information content (AvgIpc) is 2.74. The van der Waals surface area contributed by atoms with Crippen molar-refractivity contribution in [1.82, 2.24) is 0 Å². The van der Waals surface area contributed by atoms with Gasteiger partial charge in [0.25, 0.3) is 0 Å². The zero-order valence-electron chi connectivity index (χ0n) is 17.8. The molecule has 0 bridgehead atoms. The Balaban J connectivity index is 0. The van der Waals surface area contributed by atoms with E-state index in [1.807, 2.05) is 36.4 Å². The Morgan fingerprint density at radius 1 is 0.528 bits per heavy atom. The summed E-state index contributed by atoms with van der Waals surface area (Å²) in [6.45, 7) is 2.08. The molecule has 3 aromatic rings. The van der Waals surface area contributed by atoms with Crippen LogP contribution in [0.25, 0.3) is 0 Å². The molecule has 0 nitrogen and oxygen atoms in total. The van der Waals surface area contributed by atoms with E-state index >= 15 is 0 Å². The quantitative estimate of drug-likeness (QED) is 0.156. The van der Waals surface area contributed by atoms with E-state index in [1.165, 1.54) is 5.56 Å². The predicted molar refractivity (Wildman–Crippen MR) is 174 cm³/mol. The monoisotopic (exact) mass is 880 g/mol. The minimum absolute atomic E-state index is 0.465. The number of aryl methyl sites for hydroxylation is 1. The summed E-state index contributed by atoms with van der Waals surface area (Å²) >= 11 is 35.0. The van der Waals surface area contributed by atoms with E-state index in [2.05, 4.69) is 40.8 Å². The van der Waals surface area contributed by atoms with E-state index in [-0.39, 0.29) is 0 Å². The molecular weight excluding hydrogens is 870 g/mol. The van der Waals surface area contributed by atoms with E-state index in [0.29, 0.717) is 16.1 Å². The van der Waals surface area contributed by atoms with Crippen molar-refractivity contribution in [3.8, 4) is 0 Å². The molecule has 0 aliphatic rings. The fraction of sp³-hybridized carbons (Fsp3) is 0.143.